The van der Waals surface area contributed by atoms with Crippen molar-refractivity contribution in [3.05, 3.63) is 65.2 Å². The lowest BCUT2D eigenvalue weighted by Gasteiger charge is -2.15. The highest BCUT2D eigenvalue weighted by Gasteiger charge is 2.06. The topological polar surface area (TPSA) is 64.1 Å². The van der Waals surface area contributed by atoms with Gasteiger partial charge in [-0.05, 0) is 43.4 Å². The van der Waals surface area contributed by atoms with Crippen LogP contribution in [0.15, 0.2) is 53.5 Å². The van der Waals surface area contributed by atoms with Crippen LogP contribution in [-0.2, 0) is 22.4 Å². The number of ether oxygens (including phenoxy) is 3. The zero-order chi connectivity index (χ0) is 22.9. The molecular weight excluding hydrogens is 529 g/mol. The van der Waals surface area contributed by atoms with E-state index in [9.17, 15) is 0 Å². The Morgan fingerprint density at radius 3 is 2.48 bits per heavy atom. The summed E-state index contributed by atoms with van der Waals surface area (Å²) >= 11 is 0. The third-order valence-electron chi connectivity index (χ3n) is 5.03. The summed E-state index contributed by atoms with van der Waals surface area (Å²) in [5, 5.41) is 6.75. The van der Waals surface area contributed by atoms with Crippen molar-refractivity contribution in [1.29, 1.82) is 0 Å². The van der Waals surface area contributed by atoms with Crippen LogP contribution < -0.4 is 15.4 Å². The molecular formula is C26H40IN3O3. The van der Waals surface area contributed by atoms with E-state index in [2.05, 4.69) is 65.0 Å². The number of halogens is 1. The van der Waals surface area contributed by atoms with Crippen molar-refractivity contribution in [2.75, 3.05) is 47.1 Å². The maximum atomic E-state index is 5.97. The molecule has 184 valence electrons. The number of nitrogens with zero attached hydrogens (tertiary/aromatic N) is 1. The number of guanidine groups is 1. The van der Waals surface area contributed by atoms with E-state index < -0.39 is 0 Å². The van der Waals surface area contributed by atoms with Gasteiger partial charge in [0, 0.05) is 52.4 Å². The van der Waals surface area contributed by atoms with Crippen molar-refractivity contribution < 1.29 is 14.2 Å². The Kier molecular flexibility index (Phi) is 16.4. The number of methoxy groups -OCH3 is 1. The molecule has 7 heteroatoms. The first-order valence-electron chi connectivity index (χ1n) is 11.5. The second-order valence-corrected chi connectivity index (χ2v) is 7.71. The summed E-state index contributed by atoms with van der Waals surface area (Å²) in [7, 11) is 3.50. The molecule has 0 saturated heterocycles. The molecule has 0 aliphatic carbocycles. The van der Waals surface area contributed by atoms with Gasteiger partial charge in [0.05, 0.1) is 13.2 Å². The maximum Gasteiger partial charge on any atom is 0.191 e. The number of unbranched alkanes of at least 4 members (excludes halogenated alkanes) is 1. The van der Waals surface area contributed by atoms with Crippen LogP contribution in [0.5, 0.6) is 5.75 Å². The standard InChI is InChI=1S/C26H39N3O3.HI/c1-22-12-13-24(25(20-22)32-18-9-16-30-3)21-29-26(27-2)28-15-7-8-17-31-19-14-23-10-5-4-6-11-23;/h4-6,10-13,20H,7-9,14-19,21H2,1-3H3,(H2,27,28,29);1H. The predicted molar refractivity (Wildman–Crippen MR) is 147 cm³/mol. The lowest BCUT2D eigenvalue weighted by atomic mass is 10.1. The molecule has 0 fully saturated rings. The van der Waals surface area contributed by atoms with Crippen LogP contribution in [0.3, 0.4) is 0 Å². The van der Waals surface area contributed by atoms with Crippen molar-refractivity contribution in [1.82, 2.24) is 10.6 Å². The Morgan fingerprint density at radius 2 is 1.73 bits per heavy atom. The Hall–Kier alpha value is -1.84. The normalized spacial score (nSPS) is 11.1. The molecule has 0 saturated carbocycles. The molecule has 0 spiro atoms. The molecule has 0 unspecified atom stereocenters. The molecule has 0 aromatic heterocycles. The van der Waals surface area contributed by atoms with E-state index in [1.54, 1.807) is 14.2 Å². The first kappa shape index (κ1) is 29.2. The average Bonchev–Trinajstić information content (AvgIpc) is 2.82. The lowest BCUT2D eigenvalue weighted by Crippen LogP contribution is -2.37. The summed E-state index contributed by atoms with van der Waals surface area (Å²) < 4.78 is 16.8. The smallest absolute Gasteiger partial charge is 0.191 e. The fourth-order valence-electron chi connectivity index (χ4n) is 3.20. The van der Waals surface area contributed by atoms with Crippen LogP contribution in [0.1, 0.15) is 36.0 Å². The van der Waals surface area contributed by atoms with Gasteiger partial charge in [-0.1, -0.05) is 42.5 Å². The fourth-order valence-corrected chi connectivity index (χ4v) is 3.20. The third kappa shape index (κ3) is 12.8. The lowest BCUT2D eigenvalue weighted by molar-refractivity contribution is 0.133. The van der Waals surface area contributed by atoms with Crippen LogP contribution in [0.2, 0.25) is 0 Å². The van der Waals surface area contributed by atoms with Gasteiger partial charge in [-0.2, -0.15) is 0 Å². The number of aliphatic imine (C=N–C) groups is 1. The summed E-state index contributed by atoms with van der Waals surface area (Å²) in [5.41, 5.74) is 3.62. The average molecular weight is 570 g/mol. The van der Waals surface area contributed by atoms with Crippen molar-refractivity contribution in [2.45, 2.75) is 39.2 Å². The van der Waals surface area contributed by atoms with E-state index in [0.29, 0.717) is 19.8 Å². The number of rotatable bonds is 15. The van der Waals surface area contributed by atoms with E-state index in [0.717, 1.165) is 62.7 Å². The Balaban J connectivity index is 0.00000544. The van der Waals surface area contributed by atoms with Crippen molar-refractivity contribution in [3.63, 3.8) is 0 Å². The fraction of sp³-hybridized carbons (Fsp3) is 0.500. The molecule has 0 aliphatic heterocycles. The molecule has 0 amide bonds. The van der Waals surface area contributed by atoms with E-state index in [1.807, 2.05) is 6.07 Å². The summed E-state index contributed by atoms with van der Waals surface area (Å²) in [6.07, 6.45) is 3.89. The predicted octanol–water partition coefficient (Wildman–Crippen LogP) is 4.73. The number of aryl methyl sites for hydroxylation is 1. The first-order chi connectivity index (χ1) is 15.7. The monoisotopic (exact) mass is 569 g/mol. The van der Waals surface area contributed by atoms with Gasteiger partial charge in [-0.15, -0.1) is 24.0 Å². The van der Waals surface area contributed by atoms with Crippen molar-refractivity contribution in [2.24, 2.45) is 4.99 Å². The van der Waals surface area contributed by atoms with E-state index in [4.69, 9.17) is 14.2 Å². The van der Waals surface area contributed by atoms with Crippen molar-refractivity contribution in [3.8, 4) is 5.75 Å². The van der Waals surface area contributed by atoms with E-state index >= 15 is 0 Å². The van der Waals surface area contributed by atoms with Crippen LogP contribution in [0.25, 0.3) is 0 Å². The van der Waals surface area contributed by atoms with Gasteiger partial charge in [-0.25, -0.2) is 0 Å². The van der Waals surface area contributed by atoms with E-state index in [-0.39, 0.29) is 24.0 Å². The molecule has 2 aromatic carbocycles. The first-order valence-corrected chi connectivity index (χ1v) is 11.5. The molecule has 2 N–H and O–H groups in total. The molecule has 0 heterocycles. The summed E-state index contributed by atoms with van der Waals surface area (Å²) in [4.78, 5) is 4.32. The largest absolute Gasteiger partial charge is 0.493 e. The van der Waals surface area contributed by atoms with Crippen LogP contribution in [0, 0.1) is 6.92 Å². The van der Waals surface area contributed by atoms with E-state index in [1.165, 1.54) is 11.1 Å². The number of benzene rings is 2. The molecule has 2 rings (SSSR count). The van der Waals surface area contributed by atoms with Gasteiger partial charge in [0.2, 0.25) is 0 Å². The highest BCUT2D eigenvalue weighted by atomic mass is 127. The van der Waals surface area contributed by atoms with Gasteiger partial charge in [0.15, 0.2) is 5.96 Å². The van der Waals surface area contributed by atoms with Crippen LogP contribution >= 0.6 is 24.0 Å². The maximum absolute atomic E-state index is 5.97. The zero-order valence-corrected chi connectivity index (χ0v) is 22.6. The number of nitrogens with one attached hydrogen (secondary N) is 2. The van der Waals surface area contributed by atoms with Gasteiger partial charge < -0.3 is 24.8 Å². The Morgan fingerprint density at radius 1 is 0.909 bits per heavy atom. The quantitative estimate of drug-likeness (QED) is 0.141. The minimum Gasteiger partial charge on any atom is -0.493 e. The molecule has 0 bridgehead atoms. The number of hydrogen-bond acceptors (Lipinski definition) is 4. The Labute approximate surface area is 216 Å². The molecule has 33 heavy (non-hydrogen) atoms. The highest BCUT2D eigenvalue weighted by molar-refractivity contribution is 14.0. The van der Waals surface area contributed by atoms with Crippen LogP contribution in [-0.4, -0.2) is 53.1 Å². The number of hydrogen-bond donors (Lipinski definition) is 2. The van der Waals surface area contributed by atoms with Gasteiger partial charge in [0.25, 0.3) is 0 Å². The summed E-state index contributed by atoms with van der Waals surface area (Å²) in [6.45, 7) is 6.49. The van der Waals surface area contributed by atoms with Gasteiger partial charge >= 0.3 is 0 Å². The van der Waals surface area contributed by atoms with Gasteiger partial charge in [0.1, 0.15) is 5.75 Å². The summed E-state index contributed by atoms with van der Waals surface area (Å²) in [6, 6.07) is 16.7. The molecule has 0 radical (unpaired) electrons. The molecule has 6 nitrogen and oxygen atoms in total. The second-order valence-electron chi connectivity index (χ2n) is 7.71. The molecule has 0 aliphatic rings. The second kappa shape index (κ2) is 18.6. The van der Waals surface area contributed by atoms with Crippen molar-refractivity contribution >= 4 is 29.9 Å². The summed E-state index contributed by atoms with van der Waals surface area (Å²) in [5.74, 6) is 1.71. The molecule has 2 aromatic rings. The van der Waals surface area contributed by atoms with Crippen LogP contribution in [0.4, 0.5) is 0 Å². The zero-order valence-electron chi connectivity index (χ0n) is 20.3. The minimum atomic E-state index is 0. The Bertz CT molecular complexity index is 788. The van der Waals surface area contributed by atoms with Gasteiger partial charge in [-0.3, -0.25) is 4.99 Å². The highest BCUT2D eigenvalue weighted by Crippen LogP contribution is 2.20. The molecule has 0 atom stereocenters. The third-order valence-corrected chi connectivity index (χ3v) is 5.03. The minimum absolute atomic E-state index is 0. The SMILES string of the molecule is CN=C(NCCCCOCCc1ccccc1)NCc1ccc(C)cc1OCCCOC.I.